The van der Waals surface area contributed by atoms with E-state index in [0.29, 0.717) is 0 Å². The molecule has 64 nitrogen and oxygen atoms in total. The molecule has 4 fully saturated rings. The molecule has 8 rings (SSSR count). The number of anilines is 4. The number of hydrogen-bond donors (Lipinski definition) is 20. The predicted molar refractivity (Wildman–Crippen MR) is 340 cm³/mol. The molecular weight excluding hydrogens is 1900 g/mol. The van der Waals surface area contributed by atoms with E-state index in [0.717, 1.165) is 18.3 Å². The second-order valence-electron chi connectivity index (χ2n) is 21.4. The van der Waals surface area contributed by atoms with Gasteiger partial charge in [-0.05, 0) is 49.9 Å². The Hall–Kier alpha value is 0.0400. The molecule has 0 spiro atoms. The number of nitrogen functional groups attached to an aromatic ring is 4. The molecule has 0 bridgehead atoms. The first-order valence-electron chi connectivity index (χ1n) is 28.5. The maximum Gasteiger partial charge on any atom is 1.00 e. The van der Waals surface area contributed by atoms with Crippen molar-refractivity contribution < 1.29 is 343 Å². The summed E-state index contributed by atoms with van der Waals surface area (Å²) in [6.45, 7) is -3.18. The van der Waals surface area contributed by atoms with Crippen LogP contribution in [0, 0.1) is 0 Å². The Morgan fingerprint density at radius 3 is 0.603 bits per heavy atom. The van der Waals surface area contributed by atoms with E-state index in [1.165, 1.54) is 49.1 Å². The molecule has 24 N–H and O–H groups in total. The van der Waals surface area contributed by atoms with E-state index in [-0.39, 0.29) is 167 Å². The predicted octanol–water partition coefficient (Wildman–Crippen LogP) is -19.2. The summed E-state index contributed by atoms with van der Waals surface area (Å²) < 4.78 is 204. The smallest absolute Gasteiger partial charge is 0.849 e. The third-order valence-electron chi connectivity index (χ3n) is 12.4. The van der Waals surface area contributed by atoms with Crippen molar-refractivity contribution in [1.29, 1.82) is 0 Å². The summed E-state index contributed by atoms with van der Waals surface area (Å²) in [6.07, 6.45) is -12.2. The zero-order chi connectivity index (χ0) is 85.3. The minimum atomic E-state index is -5.65. The minimum absolute atomic E-state index is 0. The number of nitrogens with zero attached hydrogens (tertiary/aromatic N) is 8. The third-order valence-corrected chi connectivity index (χ3v) is 27.7. The van der Waals surface area contributed by atoms with E-state index in [9.17, 15) is 114 Å². The summed E-state index contributed by atoms with van der Waals surface area (Å²) in [5.74, 6) is -0.311. The number of aromatic nitrogens is 8. The van der Waals surface area contributed by atoms with Crippen molar-refractivity contribution in [2.24, 2.45) is 0 Å². The summed E-state index contributed by atoms with van der Waals surface area (Å²) >= 11 is 0. The Morgan fingerprint density at radius 2 is 0.466 bits per heavy atom. The van der Waals surface area contributed by atoms with Crippen LogP contribution in [0.15, 0.2) is 68.2 Å². The molecule has 116 heavy (non-hydrogen) atoms. The molecule has 8 unspecified atom stereocenters. The summed E-state index contributed by atoms with van der Waals surface area (Å²) in [5.41, 5.74) is 17.9. The average Bonchev–Trinajstić information content (AvgIpc) is 1.68. The van der Waals surface area contributed by atoms with Gasteiger partial charge in [-0.15, -0.1) is 0 Å². The van der Waals surface area contributed by atoms with Gasteiger partial charge in [-0.25, -0.2) is 74.0 Å². The van der Waals surface area contributed by atoms with Crippen molar-refractivity contribution in [2.45, 2.75) is 99.4 Å². The third kappa shape index (κ3) is 41.2. The summed E-state index contributed by atoms with van der Waals surface area (Å²) in [7, 11) is -66.0. The molecule has 0 aromatic carbocycles. The van der Waals surface area contributed by atoms with E-state index < -0.39 is 217 Å². The first kappa shape index (κ1) is 114. The van der Waals surface area contributed by atoms with Gasteiger partial charge in [0.1, 0.15) is 48.2 Å². The van der Waals surface area contributed by atoms with Crippen LogP contribution in [0.25, 0.3) is 0 Å². The molecule has 0 amide bonds. The van der Waals surface area contributed by atoms with Crippen LogP contribution in [-0.4, -0.2) is 192 Å². The summed E-state index contributed by atoms with van der Waals surface area (Å²) in [4.78, 5) is 202. The van der Waals surface area contributed by atoms with Crippen LogP contribution in [0.2, 0.25) is 0 Å². The molecule has 8 heterocycles. The van der Waals surface area contributed by atoms with Gasteiger partial charge in [-0.1, -0.05) is 24.4 Å². The Morgan fingerprint density at radius 1 is 0.310 bits per heavy atom. The molecule has 20 atom stereocenters. The molecule has 640 valence electrons. The van der Waals surface area contributed by atoms with Crippen molar-refractivity contribution in [3.63, 3.8) is 0 Å². The van der Waals surface area contributed by atoms with Gasteiger partial charge < -0.3 is 141 Å². The fourth-order valence-electron chi connectivity index (χ4n) is 8.67. The monoisotopic (exact) mass is 1960 g/mol. The van der Waals surface area contributed by atoms with Gasteiger partial charge >= 0.3 is 235 Å². The molecule has 4 aliphatic rings. The second-order valence-corrected chi connectivity index (χ2v) is 39.1. The number of nitrogens with two attached hydrogens (primary N) is 4. The topological polar surface area (TPSA) is 1010 Å². The first-order chi connectivity index (χ1) is 50.7. The number of phosphoric ester groups is 4. The van der Waals surface area contributed by atoms with Crippen LogP contribution in [0.5, 0.6) is 0 Å². The Bertz CT molecular complexity index is 4270. The molecule has 4 aromatic heterocycles. The minimum Gasteiger partial charge on any atom is -0.849 e. The van der Waals surface area contributed by atoms with Crippen molar-refractivity contribution in [3.8, 4) is 0 Å². The molecule has 4 saturated heterocycles. The van der Waals surface area contributed by atoms with Gasteiger partial charge in [0.05, 0.1) is 50.8 Å². The van der Waals surface area contributed by atoms with Gasteiger partial charge in [-0.2, -0.15) is 54.4 Å². The zero-order valence-corrected chi connectivity index (χ0v) is 77.0. The molecule has 4 aliphatic heterocycles. The van der Waals surface area contributed by atoms with Crippen molar-refractivity contribution in [1.82, 2.24) is 38.2 Å². The summed E-state index contributed by atoms with van der Waals surface area (Å²) in [6, 6.07) is 4.99. The van der Waals surface area contributed by atoms with E-state index in [4.69, 9.17) is 101 Å². The molecular formula is C36H60N12Na4O52P12. The SMILES string of the molecule is Nc1ccn([C@@H]2O[C@H](COP(=O)(O)OP(=O)(O)OP(=O)(O)O)C[C@H]2[O-])c(=O)n1.Nc1ccn([C@@H]2O[C@H](COP(=O)(O)OP(=O)(O)OP(=O)(O)O)C[C@H]2[O-])c(=O)n1.Nc1ccn([C@@H]2O[C@H](COP(=O)(O)OP(=O)(O)OP(=O)(O)O)C[C@H]2[O-])c(=O)n1.Nc1ccn([C@H]2O[C@@H](COP(=O)(O)OP(=O)(O)OP(=O)(O)O)C[C@@H]2[O-])c(=O)n1.[Na+].[Na+].[Na+].[Na+]. The Balaban J connectivity index is 0.000000765. The maximum absolute atomic E-state index is 12.1. The van der Waals surface area contributed by atoms with Crippen molar-refractivity contribution in [2.75, 3.05) is 49.4 Å². The first-order valence-corrected chi connectivity index (χ1v) is 46.6. The maximum atomic E-state index is 12.1. The largest absolute Gasteiger partial charge is 1.00 e. The van der Waals surface area contributed by atoms with E-state index in [2.05, 4.69) is 72.5 Å². The van der Waals surface area contributed by atoms with Crippen LogP contribution in [0.4, 0.5) is 23.3 Å². The van der Waals surface area contributed by atoms with Gasteiger partial charge in [0.2, 0.25) is 0 Å². The van der Waals surface area contributed by atoms with Crippen LogP contribution in [0.3, 0.4) is 0 Å². The standard InChI is InChI=1S/4C9H15N3O13P3.4Na/c4*10-7-1-2-12(9(14)11-7)8-6(13)3-5(23-8)4-22-27(18,19)25-28(20,21)24-26(15,16)17;;;;/h4*1-2,5-6,8H,3-4H2,(H,18,19)(H,20,21)(H2,10,11,14)(H2,15,16,17);;;;/q4*-1;4*+1/t4*5-,6+,8+;;;;/m1000..../s1. The molecule has 0 aliphatic carbocycles. The van der Waals surface area contributed by atoms with Crippen LogP contribution in [0.1, 0.15) is 50.6 Å². The van der Waals surface area contributed by atoms with Crippen molar-refractivity contribution in [3.05, 3.63) is 91.0 Å². The number of phosphoric acid groups is 12. The molecule has 0 radical (unpaired) electrons. The number of ether oxygens (including phenoxy) is 4. The normalized spacial score (nSPS) is 26.3. The van der Waals surface area contributed by atoms with Gasteiger partial charge in [0, 0.05) is 24.8 Å². The number of hydrogen-bond acceptors (Lipinski definition) is 44. The zero-order valence-electron chi connectivity index (χ0n) is 58.3. The molecule has 80 heteroatoms. The average molecular weight is 1960 g/mol. The van der Waals surface area contributed by atoms with Crippen LogP contribution in [-0.2, 0) is 126 Å². The Labute approximate surface area is 731 Å². The fraction of sp³-hybridized carbons (Fsp3) is 0.556. The second kappa shape index (κ2) is 46.2. The molecule has 4 aromatic rings. The molecule has 0 saturated carbocycles. The van der Waals surface area contributed by atoms with Gasteiger partial charge in [0.25, 0.3) is 0 Å². The Kier molecular flexibility index (Phi) is 45.4. The number of rotatable bonds is 32. The van der Waals surface area contributed by atoms with E-state index in [1.54, 1.807) is 0 Å². The van der Waals surface area contributed by atoms with Crippen LogP contribution >= 0.6 is 93.9 Å². The summed E-state index contributed by atoms with van der Waals surface area (Å²) in [5, 5.41) is 48.2. The quantitative estimate of drug-likeness (QED) is 0.0159. The van der Waals surface area contributed by atoms with Crippen LogP contribution < -0.4 is 184 Å². The van der Waals surface area contributed by atoms with E-state index in [1.807, 2.05) is 0 Å². The van der Waals surface area contributed by atoms with Gasteiger partial charge in [0.15, 0.2) is 0 Å². The van der Waals surface area contributed by atoms with Crippen molar-refractivity contribution >= 4 is 117 Å². The fourth-order valence-corrected chi connectivity index (χ4v) is 20.9. The van der Waals surface area contributed by atoms with E-state index >= 15 is 0 Å². The van der Waals surface area contributed by atoms with Gasteiger partial charge in [-0.3, -0.25) is 36.4 Å².